The number of nitrogens with two attached hydrogens (primary N) is 1. The summed E-state index contributed by atoms with van der Waals surface area (Å²) < 4.78 is 1.76. The molecular formula is C11H21N5. The van der Waals surface area contributed by atoms with Crippen LogP contribution in [-0.4, -0.2) is 52.8 Å². The topological polar surface area (TPSA) is 50.3 Å². The smallest absolute Gasteiger partial charge is 0.126 e. The van der Waals surface area contributed by atoms with Crippen LogP contribution in [0.3, 0.4) is 0 Å². The standard InChI is InChI=1S/C11H21N5/c1-9-10(11(12)15(3)13-9)8-16-6-4-14(2)5-7-16/h4-8,12H2,1-3H3. The number of aromatic nitrogens is 2. The summed E-state index contributed by atoms with van der Waals surface area (Å²) in [6.45, 7) is 7.47. The van der Waals surface area contributed by atoms with Gasteiger partial charge in [0.1, 0.15) is 5.82 Å². The Hall–Kier alpha value is -1.07. The maximum absolute atomic E-state index is 6.01. The van der Waals surface area contributed by atoms with Crippen LogP contribution in [-0.2, 0) is 13.6 Å². The van der Waals surface area contributed by atoms with Gasteiger partial charge in [-0.15, -0.1) is 0 Å². The number of likely N-dealkylation sites (N-methyl/N-ethyl adjacent to an activating group) is 1. The number of rotatable bonds is 2. The normalized spacial score (nSPS) is 19.2. The van der Waals surface area contributed by atoms with Crippen LogP contribution in [0.2, 0.25) is 0 Å². The summed E-state index contributed by atoms with van der Waals surface area (Å²) in [5.41, 5.74) is 8.25. The number of hydrogen-bond acceptors (Lipinski definition) is 4. The Morgan fingerprint density at radius 1 is 1.19 bits per heavy atom. The van der Waals surface area contributed by atoms with Crippen molar-refractivity contribution in [3.05, 3.63) is 11.3 Å². The van der Waals surface area contributed by atoms with Gasteiger partial charge in [0, 0.05) is 45.3 Å². The molecule has 0 amide bonds. The maximum Gasteiger partial charge on any atom is 0.126 e. The summed E-state index contributed by atoms with van der Waals surface area (Å²) in [7, 11) is 4.07. The molecule has 1 aromatic rings. The highest BCUT2D eigenvalue weighted by atomic mass is 15.3. The van der Waals surface area contributed by atoms with Gasteiger partial charge < -0.3 is 10.6 Å². The van der Waals surface area contributed by atoms with Crippen LogP contribution in [0, 0.1) is 6.92 Å². The molecule has 0 atom stereocenters. The van der Waals surface area contributed by atoms with Gasteiger partial charge in [-0.1, -0.05) is 0 Å². The van der Waals surface area contributed by atoms with Gasteiger partial charge in [-0.3, -0.25) is 9.58 Å². The molecule has 0 bridgehead atoms. The minimum Gasteiger partial charge on any atom is -0.384 e. The number of aryl methyl sites for hydroxylation is 2. The maximum atomic E-state index is 6.01. The molecule has 90 valence electrons. The molecule has 2 heterocycles. The van der Waals surface area contributed by atoms with Crippen molar-refractivity contribution >= 4 is 5.82 Å². The number of nitrogens with zero attached hydrogens (tertiary/aromatic N) is 4. The van der Waals surface area contributed by atoms with Crippen LogP contribution < -0.4 is 5.73 Å². The molecule has 5 nitrogen and oxygen atoms in total. The van der Waals surface area contributed by atoms with Crippen molar-refractivity contribution in [2.45, 2.75) is 13.5 Å². The Labute approximate surface area is 96.8 Å². The fourth-order valence-electron chi connectivity index (χ4n) is 2.14. The number of anilines is 1. The Kier molecular flexibility index (Phi) is 3.16. The SMILES string of the molecule is Cc1nn(C)c(N)c1CN1CCN(C)CC1. The average molecular weight is 223 g/mol. The Bertz CT molecular complexity index is 363. The van der Waals surface area contributed by atoms with Crippen molar-refractivity contribution in [3.8, 4) is 0 Å². The largest absolute Gasteiger partial charge is 0.384 e. The van der Waals surface area contributed by atoms with Crippen molar-refractivity contribution in [3.63, 3.8) is 0 Å². The molecule has 2 rings (SSSR count). The first kappa shape index (κ1) is 11.4. The van der Waals surface area contributed by atoms with Gasteiger partial charge in [-0.05, 0) is 14.0 Å². The molecule has 0 aromatic carbocycles. The summed E-state index contributed by atoms with van der Waals surface area (Å²) in [5.74, 6) is 0.802. The van der Waals surface area contributed by atoms with Crippen LogP contribution in [0.15, 0.2) is 0 Å². The van der Waals surface area contributed by atoms with E-state index in [9.17, 15) is 0 Å². The van der Waals surface area contributed by atoms with E-state index in [0.717, 1.165) is 44.2 Å². The first-order valence-corrected chi connectivity index (χ1v) is 5.77. The highest BCUT2D eigenvalue weighted by molar-refractivity contribution is 5.42. The third kappa shape index (κ3) is 2.20. The summed E-state index contributed by atoms with van der Waals surface area (Å²) >= 11 is 0. The molecule has 5 heteroatoms. The van der Waals surface area contributed by atoms with E-state index in [0.29, 0.717) is 0 Å². The molecule has 1 aromatic heterocycles. The van der Waals surface area contributed by atoms with E-state index in [1.807, 2.05) is 14.0 Å². The van der Waals surface area contributed by atoms with E-state index >= 15 is 0 Å². The first-order chi connectivity index (χ1) is 7.58. The van der Waals surface area contributed by atoms with Crippen molar-refractivity contribution in [2.75, 3.05) is 39.0 Å². The van der Waals surface area contributed by atoms with Crippen LogP contribution >= 0.6 is 0 Å². The molecule has 16 heavy (non-hydrogen) atoms. The molecule has 1 aliphatic heterocycles. The molecule has 0 aliphatic carbocycles. The van der Waals surface area contributed by atoms with Crippen molar-refractivity contribution < 1.29 is 0 Å². The lowest BCUT2D eigenvalue weighted by atomic mass is 10.2. The minimum atomic E-state index is 0.802. The van der Waals surface area contributed by atoms with Gasteiger partial charge in [0.15, 0.2) is 0 Å². The number of nitrogen functional groups attached to an aromatic ring is 1. The molecule has 0 unspecified atom stereocenters. The minimum absolute atomic E-state index is 0.802. The predicted molar refractivity (Wildman–Crippen MR) is 65.1 cm³/mol. The fourth-order valence-corrected chi connectivity index (χ4v) is 2.14. The third-order valence-electron chi connectivity index (χ3n) is 3.37. The monoisotopic (exact) mass is 223 g/mol. The van der Waals surface area contributed by atoms with E-state index in [2.05, 4.69) is 21.9 Å². The first-order valence-electron chi connectivity index (χ1n) is 5.77. The second-order valence-electron chi connectivity index (χ2n) is 4.65. The molecule has 0 spiro atoms. The zero-order valence-electron chi connectivity index (χ0n) is 10.4. The predicted octanol–water partition coefficient (Wildman–Crippen LogP) is 0.0581. The Morgan fingerprint density at radius 2 is 1.81 bits per heavy atom. The van der Waals surface area contributed by atoms with Gasteiger partial charge >= 0.3 is 0 Å². The number of piperazine rings is 1. The fraction of sp³-hybridized carbons (Fsp3) is 0.727. The van der Waals surface area contributed by atoms with Crippen molar-refractivity contribution in [1.29, 1.82) is 0 Å². The molecule has 2 N–H and O–H groups in total. The second-order valence-corrected chi connectivity index (χ2v) is 4.65. The molecule has 0 saturated carbocycles. The van der Waals surface area contributed by atoms with Crippen molar-refractivity contribution in [1.82, 2.24) is 19.6 Å². The lowest BCUT2D eigenvalue weighted by Gasteiger charge is -2.32. The Morgan fingerprint density at radius 3 is 2.31 bits per heavy atom. The molecule has 1 aliphatic rings. The molecule has 1 fully saturated rings. The van der Waals surface area contributed by atoms with Crippen LogP contribution in [0.4, 0.5) is 5.82 Å². The van der Waals surface area contributed by atoms with Crippen LogP contribution in [0.1, 0.15) is 11.3 Å². The highest BCUT2D eigenvalue weighted by Gasteiger charge is 2.18. The zero-order chi connectivity index (χ0) is 11.7. The molecule has 0 radical (unpaired) electrons. The number of hydrogen-bond donors (Lipinski definition) is 1. The van der Waals surface area contributed by atoms with Crippen molar-refractivity contribution in [2.24, 2.45) is 7.05 Å². The van der Waals surface area contributed by atoms with E-state index < -0.39 is 0 Å². The quantitative estimate of drug-likeness (QED) is 0.770. The summed E-state index contributed by atoms with van der Waals surface area (Å²) in [4.78, 5) is 4.80. The van der Waals surface area contributed by atoms with Gasteiger partial charge in [-0.25, -0.2) is 0 Å². The van der Waals surface area contributed by atoms with E-state index in [4.69, 9.17) is 5.73 Å². The van der Waals surface area contributed by atoms with Crippen LogP contribution in [0.25, 0.3) is 0 Å². The van der Waals surface area contributed by atoms with Gasteiger partial charge in [0.2, 0.25) is 0 Å². The van der Waals surface area contributed by atoms with Gasteiger partial charge in [0.05, 0.1) is 5.69 Å². The summed E-state index contributed by atoms with van der Waals surface area (Å²) in [6, 6.07) is 0. The average Bonchev–Trinajstić information content (AvgIpc) is 2.48. The lowest BCUT2D eigenvalue weighted by Crippen LogP contribution is -2.44. The second kappa shape index (κ2) is 4.43. The van der Waals surface area contributed by atoms with E-state index in [-0.39, 0.29) is 0 Å². The van der Waals surface area contributed by atoms with E-state index in [1.54, 1.807) is 4.68 Å². The summed E-state index contributed by atoms with van der Waals surface area (Å²) in [6.07, 6.45) is 0. The van der Waals surface area contributed by atoms with Gasteiger partial charge in [0.25, 0.3) is 0 Å². The van der Waals surface area contributed by atoms with Gasteiger partial charge in [-0.2, -0.15) is 5.10 Å². The summed E-state index contributed by atoms with van der Waals surface area (Å²) in [5, 5.41) is 4.35. The lowest BCUT2D eigenvalue weighted by molar-refractivity contribution is 0.148. The third-order valence-corrected chi connectivity index (χ3v) is 3.37. The van der Waals surface area contributed by atoms with Crippen LogP contribution in [0.5, 0.6) is 0 Å². The zero-order valence-corrected chi connectivity index (χ0v) is 10.4. The highest BCUT2D eigenvalue weighted by Crippen LogP contribution is 2.18. The van der Waals surface area contributed by atoms with E-state index in [1.165, 1.54) is 5.56 Å². The Balaban J connectivity index is 2.03. The molecule has 1 saturated heterocycles. The molecular weight excluding hydrogens is 202 g/mol.